The lowest BCUT2D eigenvalue weighted by molar-refractivity contribution is -0.125. The van der Waals surface area contributed by atoms with Crippen LogP contribution in [0.4, 0.5) is 5.95 Å². The van der Waals surface area contributed by atoms with Gasteiger partial charge in [0.1, 0.15) is 17.9 Å². The quantitative estimate of drug-likeness (QED) is 0.379. The van der Waals surface area contributed by atoms with Gasteiger partial charge in [0.2, 0.25) is 17.7 Å². The Bertz CT molecular complexity index is 1570. The van der Waals surface area contributed by atoms with Crippen molar-refractivity contribution in [3.05, 3.63) is 60.4 Å². The number of nitrogens with zero attached hydrogens (tertiary/aromatic N) is 6. The number of pyridine rings is 1. The van der Waals surface area contributed by atoms with E-state index < -0.39 is 0 Å². The van der Waals surface area contributed by atoms with E-state index in [4.69, 9.17) is 14.5 Å². The van der Waals surface area contributed by atoms with Crippen molar-refractivity contribution in [1.82, 2.24) is 29.2 Å². The number of para-hydroxylation sites is 1. The molecule has 1 aliphatic heterocycles. The third kappa shape index (κ3) is 5.54. The molecule has 4 heterocycles. The molecule has 2 bridgehead atoms. The van der Waals surface area contributed by atoms with E-state index in [1.807, 2.05) is 36.7 Å². The summed E-state index contributed by atoms with van der Waals surface area (Å²) in [5, 5.41) is 7.37. The zero-order valence-corrected chi connectivity index (χ0v) is 23.0. The monoisotopic (exact) mass is 543 g/mol. The standard InChI is InChI=1S/C29H33N7O4/c1-5-25(37)34(3)13-15-39-24-11-9-10-22-26(24)36-12-7-6-8-14-40-28-21(18-30-35(28)4)23-17-20(16-19(2)31-23)27(38)33-29(36)32-22/h5,9-11,16-18H,1,6-8,12-15H2,2-4H3,(H,32,33,38). The fourth-order valence-corrected chi connectivity index (χ4v) is 4.74. The number of imidazole rings is 1. The van der Waals surface area contributed by atoms with E-state index in [2.05, 4.69) is 22.0 Å². The number of aryl methyl sites for hydroxylation is 3. The molecule has 40 heavy (non-hydrogen) atoms. The van der Waals surface area contributed by atoms with Crippen LogP contribution in [0.5, 0.6) is 11.6 Å². The highest BCUT2D eigenvalue weighted by Gasteiger charge is 2.21. The van der Waals surface area contributed by atoms with Gasteiger partial charge in [-0.15, -0.1) is 0 Å². The molecule has 0 radical (unpaired) electrons. The lowest BCUT2D eigenvalue weighted by atomic mass is 10.1. The highest BCUT2D eigenvalue weighted by molar-refractivity contribution is 6.05. The molecular formula is C29H33N7O4. The molecule has 5 rings (SSSR count). The van der Waals surface area contributed by atoms with Gasteiger partial charge in [0.15, 0.2) is 0 Å². The number of nitrogens with one attached hydrogen (secondary N) is 1. The van der Waals surface area contributed by atoms with Crippen molar-refractivity contribution in [3.8, 4) is 22.9 Å². The molecule has 0 saturated heterocycles. The number of fused-ring (bicyclic) bond motifs is 7. The summed E-state index contributed by atoms with van der Waals surface area (Å²) in [5.41, 5.74) is 4.01. The molecule has 208 valence electrons. The van der Waals surface area contributed by atoms with Crippen molar-refractivity contribution in [1.29, 1.82) is 0 Å². The summed E-state index contributed by atoms with van der Waals surface area (Å²) in [6.45, 7) is 7.24. The van der Waals surface area contributed by atoms with Crippen LogP contribution in [0.1, 0.15) is 35.3 Å². The van der Waals surface area contributed by atoms with Gasteiger partial charge in [0.25, 0.3) is 5.91 Å². The summed E-state index contributed by atoms with van der Waals surface area (Å²) in [7, 11) is 3.53. The zero-order chi connectivity index (χ0) is 28.2. The minimum absolute atomic E-state index is 0.168. The number of hydrogen-bond donors (Lipinski definition) is 1. The summed E-state index contributed by atoms with van der Waals surface area (Å²) >= 11 is 0. The van der Waals surface area contributed by atoms with Crippen LogP contribution < -0.4 is 14.8 Å². The summed E-state index contributed by atoms with van der Waals surface area (Å²) in [6.07, 6.45) is 5.58. The first-order chi connectivity index (χ1) is 19.4. The molecule has 11 heteroatoms. The van der Waals surface area contributed by atoms with E-state index in [-0.39, 0.29) is 11.8 Å². The molecule has 4 aromatic rings. The van der Waals surface area contributed by atoms with Gasteiger partial charge in [-0.2, -0.15) is 5.10 Å². The Hall–Kier alpha value is -4.67. The third-order valence-corrected chi connectivity index (χ3v) is 6.83. The fraction of sp³-hybridized carbons (Fsp3) is 0.345. The van der Waals surface area contributed by atoms with Crippen LogP contribution in [0.25, 0.3) is 22.3 Å². The van der Waals surface area contributed by atoms with Gasteiger partial charge in [-0.25, -0.2) is 9.67 Å². The van der Waals surface area contributed by atoms with Gasteiger partial charge >= 0.3 is 0 Å². The van der Waals surface area contributed by atoms with Crippen LogP contribution in [0.3, 0.4) is 0 Å². The number of benzene rings is 1. The van der Waals surface area contributed by atoms with Gasteiger partial charge in [-0.3, -0.25) is 19.9 Å². The molecule has 0 aliphatic carbocycles. The SMILES string of the molecule is C=CC(=O)N(C)CCOc1cccc2nc3n(c12)CCCCCOc1c(cnn1C)-c1cc(cc(C)n1)C(=O)N3. The lowest BCUT2D eigenvalue weighted by Crippen LogP contribution is -2.29. The van der Waals surface area contributed by atoms with E-state index in [0.29, 0.717) is 66.3 Å². The topological polar surface area (TPSA) is 116 Å². The highest BCUT2D eigenvalue weighted by Crippen LogP contribution is 2.32. The Morgan fingerprint density at radius 2 is 2.10 bits per heavy atom. The highest BCUT2D eigenvalue weighted by atomic mass is 16.5. The first-order valence-corrected chi connectivity index (χ1v) is 13.3. The van der Waals surface area contributed by atoms with Gasteiger partial charge < -0.3 is 18.9 Å². The van der Waals surface area contributed by atoms with Crippen molar-refractivity contribution < 1.29 is 19.1 Å². The second-order valence-electron chi connectivity index (χ2n) is 9.76. The predicted octanol–water partition coefficient (Wildman–Crippen LogP) is 3.98. The molecule has 0 fully saturated rings. The molecule has 2 amide bonds. The van der Waals surface area contributed by atoms with Gasteiger partial charge in [-0.05, 0) is 56.5 Å². The van der Waals surface area contributed by atoms with Crippen LogP contribution in [0.15, 0.2) is 49.2 Å². The first-order valence-electron chi connectivity index (χ1n) is 13.3. The summed E-state index contributed by atoms with van der Waals surface area (Å²) < 4.78 is 15.9. The lowest BCUT2D eigenvalue weighted by Gasteiger charge is -2.16. The average molecular weight is 544 g/mol. The first kappa shape index (κ1) is 26.9. The molecular weight excluding hydrogens is 510 g/mol. The molecule has 1 aromatic carbocycles. The number of carbonyl (C=O) groups is 2. The Morgan fingerprint density at radius 3 is 2.92 bits per heavy atom. The van der Waals surface area contributed by atoms with Gasteiger partial charge in [0, 0.05) is 31.9 Å². The fourth-order valence-electron chi connectivity index (χ4n) is 4.74. The number of ether oxygens (including phenoxy) is 2. The maximum atomic E-state index is 13.5. The van der Waals surface area contributed by atoms with E-state index in [9.17, 15) is 9.59 Å². The second kappa shape index (κ2) is 11.6. The summed E-state index contributed by atoms with van der Waals surface area (Å²) in [5.74, 6) is 1.24. The molecule has 0 unspecified atom stereocenters. The normalized spacial score (nSPS) is 13.7. The number of likely N-dealkylation sites (N-methyl/N-ethyl adjacent to an activating group) is 1. The largest absolute Gasteiger partial charge is 0.489 e. The van der Waals surface area contributed by atoms with Gasteiger partial charge in [0.05, 0.1) is 36.1 Å². The second-order valence-corrected chi connectivity index (χ2v) is 9.76. The van der Waals surface area contributed by atoms with Crippen LogP contribution in [-0.4, -0.2) is 67.8 Å². The number of amides is 2. The minimum atomic E-state index is -0.295. The summed E-state index contributed by atoms with van der Waals surface area (Å²) in [6, 6.07) is 9.13. The van der Waals surface area contributed by atoms with Crippen molar-refractivity contribution in [3.63, 3.8) is 0 Å². The Balaban J connectivity index is 1.50. The average Bonchev–Trinajstić information content (AvgIpc) is 3.49. The van der Waals surface area contributed by atoms with E-state index in [1.54, 1.807) is 35.0 Å². The van der Waals surface area contributed by atoms with Gasteiger partial charge in [-0.1, -0.05) is 12.6 Å². The van der Waals surface area contributed by atoms with E-state index in [1.165, 1.54) is 6.08 Å². The predicted molar refractivity (Wildman–Crippen MR) is 152 cm³/mol. The Labute approximate surface area is 232 Å². The maximum absolute atomic E-state index is 13.5. The van der Waals surface area contributed by atoms with Crippen LogP contribution in [-0.2, 0) is 18.4 Å². The molecule has 0 saturated carbocycles. The van der Waals surface area contributed by atoms with E-state index >= 15 is 0 Å². The Morgan fingerprint density at radius 1 is 1.25 bits per heavy atom. The molecule has 11 nitrogen and oxygen atoms in total. The summed E-state index contributed by atoms with van der Waals surface area (Å²) in [4.78, 5) is 36.3. The molecule has 0 atom stereocenters. The number of rotatable bonds is 5. The zero-order valence-electron chi connectivity index (χ0n) is 23.0. The Kier molecular flexibility index (Phi) is 7.81. The number of carbonyl (C=O) groups excluding carboxylic acids is 2. The third-order valence-electron chi connectivity index (χ3n) is 6.83. The van der Waals surface area contributed by atoms with Crippen LogP contribution in [0, 0.1) is 6.92 Å². The molecule has 1 N–H and O–H groups in total. The van der Waals surface area contributed by atoms with Crippen LogP contribution >= 0.6 is 0 Å². The number of hydrogen-bond acceptors (Lipinski definition) is 7. The minimum Gasteiger partial charge on any atom is -0.489 e. The van der Waals surface area contributed by atoms with Crippen molar-refractivity contribution in [2.75, 3.05) is 32.1 Å². The van der Waals surface area contributed by atoms with Crippen LogP contribution in [0.2, 0.25) is 0 Å². The smallest absolute Gasteiger partial charge is 0.258 e. The van der Waals surface area contributed by atoms with Crippen molar-refractivity contribution in [2.45, 2.75) is 32.7 Å². The number of anilines is 1. The number of aromatic nitrogens is 5. The van der Waals surface area contributed by atoms with Crippen molar-refractivity contribution >= 4 is 28.8 Å². The molecule has 1 aliphatic rings. The van der Waals surface area contributed by atoms with Crippen molar-refractivity contribution in [2.24, 2.45) is 7.05 Å². The maximum Gasteiger partial charge on any atom is 0.258 e. The molecule has 3 aromatic heterocycles. The van der Waals surface area contributed by atoms with E-state index in [0.717, 1.165) is 30.3 Å². The molecule has 0 spiro atoms.